The van der Waals surface area contributed by atoms with Gasteiger partial charge in [0.2, 0.25) is 0 Å². The van der Waals surface area contributed by atoms with Gasteiger partial charge in [-0.2, -0.15) is 0 Å². The van der Waals surface area contributed by atoms with E-state index in [0.717, 1.165) is 11.4 Å². The summed E-state index contributed by atoms with van der Waals surface area (Å²) in [5.74, 6) is 0. The molecule has 61 heavy (non-hydrogen) atoms. The van der Waals surface area contributed by atoms with Gasteiger partial charge in [0.25, 0.3) is 0 Å². The zero-order valence-electron chi connectivity index (χ0n) is 35.7. The van der Waals surface area contributed by atoms with Crippen LogP contribution in [0.4, 0.5) is 34.1 Å². The Bertz CT molecular complexity index is 3050. The minimum atomic E-state index is -0.250. The predicted octanol–water partition coefficient (Wildman–Crippen LogP) is 16.2. The number of hydrogen-bond donors (Lipinski definition) is 0. The van der Waals surface area contributed by atoms with Crippen molar-refractivity contribution in [2.75, 3.05) is 9.80 Å². The first-order valence-electron chi connectivity index (χ1n) is 21.8. The van der Waals surface area contributed by atoms with E-state index in [-0.39, 0.29) is 16.2 Å². The number of fused-ring (bicyclic) bond motifs is 2. The average molecular weight is 785 g/mol. The monoisotopic (exact) mass is 784 g/mol. The Kier molecular flexibility index (Phi) is 7.41. The third-order valence-corrected chi connectivity index (χ3v) is 14.6. The third-order valence-electron chi connectivity index (χ3n) is 14.6. The summed E-state index contributed by atoms with van der Waals surface area (Å²) in [6, 6.07) is 68.2. The van der Waals surface area contributed by atoms with Crippen molar-refractivity contribution in [1.82, 2.24) is 0 Å². The second-order valence-electron chi connectivity index (χ2n) is 19.0. The van der Waals surface area contributed by atoms with Crippen molar-refractivity contribution in [3.8, 4) is 22.3 Å². The van der Waals surface area contributed by atoms with Crippen molar-refractivity contribution >= 4 is 55.7 Å². The Morgan fingerprint density at radius 1 is 0.328 bits per heavy atom. The van der Waals surface area contributed by atoms with E-state index in [2.05, 4.69) is 233 Å². The first-order chi connectivity index (χ1) is 29.5. The van der Waals surface area contributed by atoms with Gasteiger partial charge in [-0.15, -0.1) is 0 Å². The van der Waals surface area contributed by atoms with Crippen LogP contribution in [0.15, 0.2) is 182 Å². The third kappa shape index (κ3) is 4.97. The lowest BCUT2D eigenvalue weighted by Gasteiger charge is -2.55. The molecule has 0 spiro atoms. The minimum absolute atomic E-state index is 0.124. The number of benzene rings is 9. The first-order valence-corrected chi connectivity index (χ1v) is 21.8. The van der Waals surface area contributed by atoms with Crippen LogP contribution in [0.25, 0.3) is 43.8 Å². The highest BCUT2D eigenvalue weighted by atomic mass is 15.2. The maximum Gasteiger partial charge on any atom is 0.0545 e. The molecule has 0 aliphatic carbocycles. The topological polar surface area (TPSA) is 6.48 Å². The molecule has 0 saturated heterocycles. The molecule has 9 aromatic rings. The fourth-order valence-corrected chi connectivity index (χ4v) is 11.3. The Labute approximate surface area is 359 Å². The highest BCUT2D eigenvalue weighted by Crippen LogP contribution is 2.66. The van der Waals surface area contributed by atoms with Crippen molar-refractivity contribution in [2.24, 2.45) is 0 Å². The van der Waals surface area contributed by atoms with E-state index < -0.39 is 0 Å². The van der Waals surface area contributed by atoms with Crippen molar-refractivity contribution in [3.05, 3.63) is 215 Å². The van der Waals surface area contributed by atoms with Gasteiger partial charge in [0, 0.05) is 33.3 Å². The maximum atomic E-state index is 2.66. The Balaban J connectivity index is 1.08. The summed E-state index contributed by atoms with van der Waals surface area (Å²) >= 11 is 0. The van der Waals surface area contributed by atoms with Gasteiger partial charge in [0.15, 0.2) is 0 Å². The first kappa shape index (κ1) is 36.0. The van der Waals surface area contributed by atoms with Gasteiger partial charge in [0.1, 0.15) is 0 Å². The molecule has 3 aliphatic rings. The number of rotatable bonds is 5. The quantitative estimate of drug-likeness (QED) is 0.171. The van der Waals surface area contributed by atoms with Crippen LogP contribution in [0.5, 0.6) is 0 Å². The van der Waals surface area contributed by atoms with Gasteiger partial charge in [-0.1, -0.05) is 187 Å². The molecule has 0 bridgehead atoms. The van der Waals surface area contributed by atoms with Gasteiger partial charge >= 0.3 is 0 Å². The number of hydrogen-bond acceptors (Lipinski definition) is 2. The lowest BCUT2D eigenvalue weighted by atomic mass is 9.61. The van der Waals surface area contributed by atoms with Gasteiger partial charge < -0.3 is 9.80 Å². The molecule has 0 unspecified atom stereocenters. The molecule has 0 radical (unpaired) electrons. The van der Waals surface area contributed by atoms with Gasteiger partial charge in [-0.05, 0) is 114 Å². The number of para-hydroxylation sites is 2. The highest BCUT2D eigenvalue weighted by molar-refractivity contribution is 6.01. The Morgan fingerprint density at radius 3 is 1.10 bits per heavy atom. The predicted molar refractivity (Wildman–Crippen MR) is 258 cm³/mol. The Hall–Kier alpha value is -6.90. The molecule has 0 atom stereocenters. The number of nitrogens with zero attached hydrogens (tertiary/aromatic N) is 2. The van der Waals surface area contributed by atoms with Crippen LogP contribution in [-0.4, -0.2) is 0 Å². The van der Waals surface area contributed by atoms with E-state index in [0.29, 0.717) is 0 Å². The van der Waals surface area contributed by atoms with E-state index in [1.54, 1.807) is 0 Å². The molecule has 3 aliphatic heterocycles. The highest BCUT2D eigenvalue weighted by Gasteiger charge is 2.51. The smallest absolute Gasteiger partial charge is 0.0545 e. The van der Waals surface area contributed by atoms with Crippen LogP contribution in [0, 0.1) is 0 Å². The van der Waals surface area contributed by atoms with Gasteiger partial charge in [0.05, 0.1) is 17.1 Å². The molecule has 9 aromatic carbocycles. The lowest BCUT2D eigenvalue weighted by molar-refractivity contribution is 0.566. The molecule has 0 saturated carbocycles. The largest absolute Gasteiger partial charge is 0.310 e. The Morgan fingerprint density at radius 2 is 0.672 bits per heavy atom. The second-order valence-corrected chi connectivity index (χ2v) is 19.0. The minimum Gasteiger partial charge on any atom is -0.310 e. The lowest BCUT2D eigenvalue weighted by Crippen LogP contribution is -2.43. The summed E-state index contributed by atoms with van der Waals surface area (Å²) in [6.45, 7) is 14.6. The zero-order chi connectivity index (χ0) is 41.4. The van der Waals surface area contributed by atoms with Crippen molar-refractivity contribution < 1.29 is 0 Å². The zero-order valence-corrected chi connectivity index (χ0v) is 35.7. The van der Waals surface area contributed by atoms with Crippen molar-refractivity contribution in [1.29, 1.82) is 0 Å². The fourth-order valence-electron chi connectivity index (χ4n) is 11.3. The molecule has 12 rings (SSSR count). The molecule has 3 heterocycles. The summed E-state index contributed by atoms with van der Waals surface area (Å²) in [5.41, 5.74) is 20.1. The normalized spacial score (nSPS) is 15.7. The van der Waals surface area contributed by atoms with Crippen molar-refractivity contribution in [3.63, 3.8) is 0 Å². The standard InChI is InChI=1S/C59H48N2/c1-57(2)48-23-13-25-50-54(48)61-55-49(57)24-14-26-51(55)59(5,6)53-36-43(35-52(56(53)61)58(50,3)4)60(41-31-27-39(28-32-41)46-21-11-17-37-15-7-9-19-44(37)46)42-33-29-40(30-34-42)47-22-12-18-38-16-8-10-20-45(38)47/h7-36H,1-6H3. The maximum absolute atomic E-state index is 2.66. The summed E-state index contributed by atoms with van der Waals surface area (Å²) in [6.07, 6.45) is 0. The van der Waals surface area contributed by atoms with E-state index in [1.165, 1.54) is 99.9 Å². The summed E-state index contributed by atoms with van der Waals surface area (Å²) in [7, 11) is 0. The second kappa shape index (κ2) is 12.6. The van der Waals surface area contributed by atoms with Crippen LogP contribution < -0.4 is 9.80 Å². The molecule has 2 nitrogen and oxygen atoms in total. The van der Waals surface area contributed by atoms with E-state index >= 15 is 0 Å². The van der Waals surface area contributed by atoms with Crippen LogP contribution in [0.1, 0.15) is 74.9 Å². The average Bonchev–Trinajstić information content (AvgIpc) is 3.28. The molecule has 0 amide bonds. The summed E-state index contributed by atoms with van der Waals surface area (Å²) in [4.78, 5) is 5.15. The summed E-state index contributed by atoms with van der Waals surface area (Å²) in [5, 5.41) is 5.05. The fraction of sp³-hybridized carbons (Fsp3) is 0.153. The van der Waals surface area contributed by atoms with E-state index in [4.69, 9.17) is 0 Å². The van der Waals surface area contributed by atoms with Crippen LogP contribution in [0.2, 0.25) is 0 Å². The molecule has 294 valence electrons. The van der Waals surface area contributed by atoms with Gasteiger partial charge in [-0.25, -0.2) is 0 Å². The molecule has 0 fully saturated rings. The SMILES string of the molecule is CC1(C)c2cccc3c2N2c4c1cccc4C(C)(C)c1cc(N(c4ccc(-c5cccc6ccccc56)cc4)c4ccc(-c5cccc6ccccc56)cc4)cc(c12)C3(C)C. The molecular formula is C59H48N2. The number of anilines is 6. The van der Waals surface area contributed by atoms with Crippen LogP contribution in [0.3, 0.4) is 0 Å². The molecule has 0 aromatic heterocycles. The molecule has 2 heteroatoms. The summed E-state index contributed by atoms with van der Waals surface area (Å²) < 4.78 is 0. The van der Waals surface area contributed by atoms with Crippen molar-refractivity contribution in [2.45, 2.75) is 57.8 Å². The van der Waals surface area contributed by atoms with E-state index in [1.807, 2.05) is 0 Å². The van der Waals surface area contributed by atoms with Crippen LogP contribution >= 0.6 is 0 Å². The van der Waals surface area contributed by atoms with Crippen LogP contribution in [-0.2, 0) is 16.2 Å². The molecular weight excluding hydrogens is 737 g/mol. The molecule has 0 N–H and O–H groups in total. The van der Waals surface area contributed by atoms with Gasteiger partial charge in [-0.3, -0.25) is 0 Å². The van der Waals surface area contributed by atoms with E-state index in [9.17, 15) is 0 Å².